The number of imidazole rings is 1. The highest BCUT2D eigenvalue weighted by Gasteiger charge is 2.13. The molecule has 0 unspecified atom stereocenters. The number of unbranched alkanes of at least 4 members (excludes halogenated alkanes) is 30. The van der Waals surface area contributed by atoms with Crippen molar-refractivity contribution in [1.82, 2.24) is 9.55 Å². The summed E-state index contributed by atoms with van der Waals surface area (Å²) in [7, 11) is 0. The minimum atomic E-state index is 1.06. The van der Waals surface area contributed by atoms with Crippen molar-refractivity contribution in [1.29, 1.82) is 0 Å². The Morgan fingerprint density at radius 1 is 0.431 bits per heavy atom. The number of rotatable bonds is 35. The second-order valence-electron chi connectivity index (χ2n) is 16.0. The monoisotopic (exact) mass is 701 g/mol. The summed E-state index contributed by atoms with van der Waals surface area (Å²) in [5, 5.41) is 0. The summed E-state index contributed by atoms with van der Waals surface area (Å²) in [4.78, 5) is 5.11. The molecule has 0 fully saturated rings. The Morgan fingerprint density at radius 2 is 0.804 bits per heavy atom. The normalized spacial score (nSPS) is 11.6. The number of benzene rings is 1. The van der Waals surface area contributed by atoms with E-state index in [1.807, 2.05) is 0 Å². The Kier molecular flexibility index (Phi) is 25.7. The number of nitrogens with zero attached hydrogens (tertiary/aromatic N) is 3. The quantitative estimate of drug-likeness (QED) is 0.0442. The molecule has 0 spiro atoms. The van der Waals surface area contributed by atoms with E-state index >= 15 is 0 Å². The van der Waals surface area contributed by atoms with E-state index in [4.69, 9.17) is 4.98 Å². The Labute approximate surface area is 316 Å². The number of hydrogen-bond donors (Lipinski definition) is 0. The molecule has 0 aliphatic heterocycles. The summed E-state index contributed by atoms with van der Waals surface area (Å²) in [6.45, 7) is 6.79. The van der Waals surface area contributed by atoms with Crippen LogP contribution in [-0.2, 0) is 13.1 Å². The fourth-order valence-corrected chi connectivity index (χ4v) is 7.94. The number of aryl methyl sites for hydroxylation is 2. The van der Waals surface area contributed by atoms with Crippen molar-refractivity contribution < 1.29 is 4.57 Å². The van der Waals surface area contributed by atoms with Crippen LogP contribution in [0, 0.1) is 0 Å². The first-order valence-electron chi connectivity index (χ1n) is 22.8. The van der Waals surface area contributed by atoms with Gasteiger partial charge in [0, 0.05) is 30.7 Å². The maximum atomic E-state index is 5.11. The summed E-state index contributed by atoms with van der Waals surface area (Å²) >= 11 is 0. The Bertz CT molecular complexity index is 1190. The maximum Gasteiger partial charge on any atom is 0.169 e. The lowest BCUT2D eigenvalue weighted by Gasteiger charge is -2.09. The molecule has 3 rings (SSSR count). The van der Waals surface area contributed by atoms with Gasteiger partial charge in [0.05, 0.1) is 11.0 Å². The Hall–Kier alpha value is -2.16. The fourth-order valence-electron chi connectivity index (χ4n) is 7.94. The van der Waals surface area contributed by atoms with Gasteiger partial charge in [0.1, 0.15) is 12.4 Å². The second-order valence-corrected chi connectivity index (χ2v) is 16.0. The van der Waals surface area contributed by atoms with Gasteiger partial charge in [-0.15, -0.1) is 0 Å². The molecule has 2 aromatic heterocycles. The van der Waals surface area contributed by atoms with Gasteiger partial charge >= 0.3 is 0 Å². The third-order valence-electron chi connectivity index (χ3n) is 11.3. The Morgan fingerprint density at radius 3 is 1.24 bits per heavy atom. The van der Waals surface area contributed by atoms with Gasteiger partial charge in [-0.05, 0) is 25.0 Å². The van der Waals surface area contributed by atoms with E-state index in [0.29, 0.717) is 0 Å². The van der Waals surface area contributed by atoms with Crippen LogP contribution < -0.4 is 4.57 Å². The zero-order valence-corrected chi connectivity index (χ0v) is 34.0. The van der Waals surface area contributed by atoms with Crippen LogP contribution in [0.5, 0.6) is 0 Å². The molecular weight excluding hydrogens is 619 g/mol. The van der Waals surface area contributed by atoms with Gasteiger partial charge in [0.15, 0.2) is 12.4 Å². The molecule has 0 bridgehead atoms. The molecule has 0 atom stereocenters. The second kappa shape index (κ2) is 30.3. The molecule has 3 heteroatoms. The van der Waals surface area contributed by atoms with Gasteiger partial charge in [-0.25, -0.2) is 9.55 Å². The highest BCUT2D eigenvalue weighted by atomic mass is 15.1. The number of para-hydroxylation sites is 2. The van der Waals surface area contributed by atoms with E-state index in [0.717, 1.165) is 24.4 Å². The first-order valence-corrected chi connectivity index (χ1v) is 22.8. The predicted molar refractivity (Wildman–Crippen MR) is 224 cm³/mol. The lowest BCUT2D eigenvalue weighted by molar-refractivity contribution is -0.697. The summed E-state index contributed by atoms with van der Waals surface area (Å²) in [5.74, 6) is 1.13. The van der Waals surface area contributed by atoms with E-state index in [1.165, 1.54) is 217 Å². The van der Waals surface area contributed by atoms with Crippen LogP contribution >= 0.6 is 0 Å². The molecule has 0 aliphatic carbocycles. The summed E-state index contributed by atoms with van der Waals surface area (Å²) in [5.41, 5.74) is 3.64. The van der Waals surface area contributed by atoms with Crippen LogP contribution in [0.4, 0.5) is 0 Å². The van der Waals surface area contributed by atoms with Crippen LogP contribution in [0.1, 0.15) is 219 Å². The molecule has 2 heterocycles. The first kappa shape index (κ1) is 43.2. The molecule has 0 N–H and O–H groups in total. The summed E-state index contributed by atoms with van der Waals surface area (Å²) in [6, 6.07) is 13.3. The third-order valence-corrected chi connectivity index (χ3v) is 11.3. The molecule has 0 saturated heterocycles. The van der Waals surface area contributed by atoms with Crippen LogP contribution in [0.25, 0.3) is 22.4 Å². The topological polar surface area (TPSA) is 21.7 Å². The van der Waals surface area contributed by atoms with Crippen molar-refractivity contribution in [2.45, 2.75) is 232 Å². The first-order chi connectivity index (χ1) is 25.3. The zero-order chi connectivity index (χ0) is 35.9. The van der Waals surface area contributed by atoms with Crippen LogP contribution in [0.15, 0.2) is 48.8 Å². The largest absolute Gasteiger partial charge is 0.324 e. The van der Waals surface area contributed by atoms with Gasteiger partial charge in [-0.2, -0.15) is 0 Å². The highest BCUT2D eigenvalue weighted by Crippen LogP contribution is 2.25. The van der Waals surface area contributed by atoms with Gasteiger partial charge in [-0.3, -0.25) is 0 Å². The van der Waals surface area contributed by atoms with Gasteiger partial charge < -0.3 is 4.57 Å². The number of fused-ring (bicyclic) bond motifs is 1. The minimum absolute atomic E-state index is 1.06. The number of pyridine rings is 1. The molecule has 51 heavy (non-hydrogen) atoms. The molecule has 1 aromatic carbocycles. The van der Waals surface area contributed by atoms with Crippen molar-refractivity contribution in [3.63, 3.8) is 0 Å². The predicted octanol–water partition coefficient (Wildman–Crippen LogP) is 15.5. The lowest BCUT2D eigenvalue weighted by atomic mass is 10.0. The van der Waals surface area contributed by atoms with Gasteiger partial charge in [-0.1, -0.05) is 212 Å². The average Bonchev–Trinajstić information content (AvgIpc) is 3.53. The Balaban J connectivity index is 1.23. The molecule has 3 aromatic rings. The lowest BCUT2D eigenvalue weighted by Crippen LogP contribution is -2.32. The molecule has 288 valence electrons. The van der Waals surface area contributed by atoms with Crippen molar-refractivity contribution in [2.75, 3.05) is 0 Å². The SMILES string of the molecule is CCCCCCCCCCCCCCCCCCn1c(-c2cc[n+](CCCCCCCCCCCCCCCCCC)cc2)nc2ccccc21. The third kappa shape index (κ3) is 20.0. The summed E-state index contributed by atoms with van der Waals surface area (Å²) < 4.78 is 4.85. The average molecular weight is 701 g/mol. The smallest absolute Gasteiger partial charge is 0.169 e. The number of aromatic nitrogens is 3. The zero-order valence-electron chi connectivity index (χ0n) is 34.0. The molecule has 0 aliphatic rings. The standard InChI is InChI=1S/C48H82N3/c1-3-5-7-9-11-13-15-17-19-21-23-25-27-29-31-35-41-50-43-39-45(40-44-50)48-49-46-37-33-34-38-47(46)51(48)42-36-32-30-28-26-24-22-20-18-16-14-12-10-8-6-4-2/h33-34,37-40,43-44H,3-32,35-36,41-42H2,1-2H3/q+1. The van der Waals surface area contributed by atoms with Crippen LogP contribution in [0.2, 0.25) is 0 Å². The van der Waals surface area contributed by atoms with Crippen molar-refractivity contribution >= 4 is 11.0 Å². The number of hydrogen-bond acceptors (Lipinski definition) is 1. The molecule has 0 radical (unpaired) electrons. The fraction of sp³-hybridized carbons (Fsp3) is 0.750. The van der Waals surface area contributed by atoms with Gasteiger partial charge in [0.25, 0.3) is 0 Å². The van der Waals surface area contributed by atoms with Crippen LogP contribution in [0.3, 0.4) is 0 Å². The molecule has 0 amide bonds. The van der Waals surface area contributed by atoms with E-state index in [1.54, 1.807) is 0 Å². The molecule has 3 nitrogen and oxygen atoms in total. The van der Waals surface area contributed by atoms with E-state index in [2.05, 4.69) is 71.8 Å². The molecule has 0 saturated carbocycles. The van der Waals surface area contributed by atoms with Crippen molar-refractivity contribution in [3.8, 4) is 11.4 Å². The van der Waals surface area contributed by atoms with E-state index in [9.17, 15) is 0 Å². The van der Waals surface area contributed by atoms with E-state index < -0.39 is 0 Å². The van der Waals surface area contributed by atoms with Gasteiger partial charge in [0.2, 0.25) is 0 Å². The maximum absolute atomic E-state index is 5.11. The van der Waals surface area contributed by atoms with E-state index in [-0.39, 0.29) is 0 Å². The highest BCUT2D eigenvalue weighted by molar-refractivity contribution is 5.80. The van der Waals surface area contributed by atoms with Crippen LogP contribution in [-0.4, -0.2) is 9.55 Å². The minimum Gasteiger partial charge on any atom is -0.324 e. The van der Waals surface area contributed by atoms with Crippen molar-refractivity contribution in [2.24, 2.45) is 0 Å². The van der Waals surface area contributed by atoms with Crippen molar-refractivity contribution in [3.05, 3.63) is 48.8 Å². The summed E-state index contributed by atoms with van der Waals surface area (Å²) in [6.07, 6.45) is 49.9. The molecular formula is C48H82N3+.